The molecule has 6 N–H and O–H groups in total. The van der Waals surface area contributed by atoms with E-state index in [1.165, 1.54) is 40.3 Å². The standard InChI is InChI=1S/C34H29N11O6.Na/c1-17-29(32(48)44(42-17)23-9-4-20(35)5-10-23)40-38-26-13-8-22(16-25(26)34(50)51)37-31(47)19-3-14-28(46)27(15-19)39-41-30-18(2)43-45(33(30)49)24-11-6-21(36)7-12-24;/h3-16,29-30,46H,35-36H2,1-2H3,(H,37,47)(H,50,51);/q;+1/p-1. The van der Waals surface area contributed by atoms with Crippen LogP contribution in [0.4, 0.5) is 39.8 Å². The van der Waals surface area contributed by atoms with Gasteiger partial charge >= 0.3 is 35.5 Å². The molecule has 0 radical (unpaired) electrons. The number of benzene rings is 4. The molecule has 0 aromatic heterocycles. The third-order valence-electron chi connectivity index (χ3n) is 7.74. The van der Waals surface area contributed by atoms with Crippen molar-refractivity contribution in [3.8, 4) is 5.75 Å². The van der Waals surface area contributed by atoms with Crippen LogP contribution in [0.2, 0.25) is 0 Å². The van der Waals surface area contributed by atoms with E-state index in [0.29, 0.717) is 34.2 Å². The Bertz CT molecular complexity index is 2200. The molecule has 18 heteroatoms. The number of hydrazone groups is 2. The summed E-state index contributed by atoms with van der Waals surface area (Å²) in [6, 6.07) is 18.3. The van der Waals surface area contributed by atoms with Gasteiger partial charge in [0.1, 0.15) is 0 Å². The van der Waals surface area contributed by atoms with Crippen LogP contribution in [0.1, 0.15) is 34.6 Å². The fourth-order valence-electron chi connectivity index (χ4n) is 5.03. The van der Waals surface area contributed by atoms with Crippen molar-refractivity contribution in [2.75, 3.05) is 26.8 Å². The van der Waals surface area contributed by atoms with E-state index in [2.05, 4.69) is 36.0 Å². The van der Waals surface area contributed by atoms with Gasteiger partial charge in [0.15, 0.2) is 12.1 Å². The van der Waals surface area contributed by atoms with Gasteiger partial charge in [-0.15, -0.1) is 0 Å². The maximum atomic E-state index is 13.1. The zero-order chi connectivity index (χ0) is 36.4. The SMILES string of the molecule is CC1=NN(c2ccc(N)cc2)C(=O)C1N=Nc1cc(C(=O)Nc2ccc(N=NC3C(=O)N(c4ccc(N)cc4)N=C3C)c(C(=O)O)c2)ccc1[O-].[Na+]. The number of azo groups is 2. The Morgan fingerprint density at radius 1 is 0.750 bits per heavy atom. The van der Waals surface area contributed by atoms with Gasteiger partial charge in [0.05, 0.1) is 39.7 Å². The van der Waals surface area contributed by atoms with Crippen molar-refractivity contribution in [3.63, 3.8) is 0 Å². The van der Waals surface area contributed by atoms with E-state index >= 15 is 0 Å². The molecule has 2 aliphatic heterocycles. The number of carboxylic acids is 1. The summed E-state index contributed by atoms with van der Waals surface area (Å²) >= 11 is 0. The van der Waals surface area contributed by atoms with Gasteiger partial charge in [-0.2, -0.15) is 40.7 Å². The first-order chi connectivity index (χ1) is 24.4. The van der Waals surface area contributed by atoms with E-state index in [-0.39, 0.29) is 57.7 Å². The molecule has 2 aliphatic rings. The molecule has 6 rings (SSSR count). The number of carboxylic acid groups (broad SMARTS) is 1. The number of anilines is 5. The molecular formula is C34H28N11NaO6. The maximum Gasteiger partial charge on any atom is 1.00 e. The van der Waals surface area contributed by atoms with Crippen molar-refractivity contribution >= 4 is 74.9 Å². The first-order valence-corrected chi connectivity index (χ1v) is 15.2. The van der Waals surface area contributed by atoms with Crippen molar-refractivity contribution in [1.29, 1.82) is 0 Å². The number of carbonyl (C=O) groups excluding carboxylic acids is 3. The Labute approximate surface area is 317 Å². The van der Waals surface area contributed by atoms with Gasteiger partial charge in [0.2, 0.25) is 0 Å². The van der Waals surface area contributed by atoms with Crippen LogP contribution in [0.3, 0.4) is 0 Å². The van der Waals surface area contributed by atoms with Gasteiger partial charge in [-0.25, -0.2) is 4.79 Å². The Balaban J connectivity index is 0.00000523. The van der Waals surface area contributed by atoms with E-state index in [1.807, 2.05) is 0 Å². The zero-order valence-corrected chi connectivity index (χ0v) is 30.0. The van der Waals surface area contributed by atoms with Crippen LogP contribution in [0.15, 0.2) is 116 Å². The molecule has 2 unspecified atom stereocenters. The molecule has 0 saturated carbocycles. The van der Waals surface area contributed by atoms with Gasteiger partial charge in [-0.3, -0.25) is 14.4 Å². The number of aromatic carboxylic acids is 1. The monoisotopic (exact) mass is 709 g/mol. The number of nitrogens with two attached hydrogens (primary N) is 2. The van der Waals surface area contributed by atoms with Crippen LogP contribution in [0.25, 0.3) is 0 Å². The first-order valence-electron chi connectivity index (χ1n) is 15.2. The number of carbonyl (C=O) groups is 4. The van der Waals surface area contributed by atoms with Crippen molar-refractivity contribution in [2.24, 2.45) is 30.7 Å². The minimum atomic E-state index is -1.36. The molecule has 4 aromatic carbocycles. The maximum absolute atomic E-state index is 13.1. The van der Waals surface area contributed by atoms with E-state index in [0.717, 1.165) is 6.07 Å². The normalized spacial score (nSPS) is 17.0. The number of nitrogens with zero attached hydrogens (tertiary/aromatic N) is 8. The second kappa shape index (κ2) is 15.3. The largest absolute Gasteiger partial charge is 1.00 e. The van der Waals surface area contributed by atoms with Gasteiger partial charge in [0.25, 0.3) is 17.7 Å². The third-order valence-corrected chi connectivity index (χ3v) is 7.74. The molecule has 4 aromatic rings. The first kappa shape index (κ1) is 37.0. The van der Waals surface area contributed by atoms with Gasteiger partial charge < -0.3 is 27.0 Å². The van der Waals surface area contributed by atoms with Crippen molar-refractivity contribution in [3.05, 3.63) is 96.1 Å². The Kier molecular flexibility index (Phi) is 10.9. The number of rotatable bonds is 9. The summed E-state index contributed by atoms with van der Waals surface area (Å²) < 4.78 is 0. The van der Waals surface area contributed by atoms with Crippen LogP contribution in [-0.4, -0.2) is 52.3 Å². The summed E-state index contributed by atoms with van der Waals surface area (Å²) in [6.45, 7) is 3.20. The molecule has 17 nitrogen and oxygen atoms in total. The molecular weight excluding hydrogens is 681 g/mol. The van der Waals surface area contributed by atoms with Gasteiger partial charge in [-0.1, -0.05) is 11.8 Å². The molecule has 0 saturated heterocycles. The molecule has 52 heavy (non-hydrogen) atoms. The molecule has 2 heterocycles. The summed E-state index contributed by atoms with van der Waals surface area (Å²) in [4.78, 5) is 51.3. The summed E-state index contributed by atoms with van der Waals surface area (Å²) in [5.74, 6) is -3.57. The van der Waals surface area contributed by atoms with Crippen LogP contribution >= 0.6 is 0 Å². The predicted molar refractivity (Wildman–Crippen MR) is 187 cm³/mol. The molecule has 2 atom stereocenters. The summed E-state index contributed by atoms with van der Waals surface area (Å²) in [7, 11) is 0. The summed E-state index contributed by atoms with van der Waals surface area (Å²) in [6.07, 6.45) is 0. The number of hydrogen-bond acceptors (Lipinski definition) is 13. The number of nitrogen functional groups attached to an aromatic ring is 2. The Morgan fingerprint density at radius 3 is 1.75 bits per heavy atom. The second-order valence-corrected chi connectivity index (χ2v) is 11.4. The van der Waals surface area contributed by atoms with Gasteiger partial charge in [-0.05, 0) is 92.7 Å². The average molecular weight is 710 g/mol. The molecule has 256 valence electrons. The van der Waals surface area contributed by atoms with Crippen LogP contribution < -0.4 is 61.5 Å². The predicted octanol–water partition coefficient (Wildman–Crippen LogP) is 1.63. The van der Waals surface area contributed by atoms with Crippen LogP contribution in [0, 0.1) is 0 Å². The molecule has 0 bridgehead atoms. The minimum absolute atomic E-state index is 0. The molecule has 3 amide bonds. The van der Waals surface area contributed by atoms with Crippen molar-refractivity contribution in [2.45, 2.75) is 25.9 Å². The van der Waals surface area contributed by atoms with E-state index in [9.17, 15) is 29.4 Å². The number of nitrogens with one attached hydrogen (secondary N) is 1. The zero-order valence-electron chi connectivity index (χ0n) is 28.0. The quantitative estimate of drug-likeness (QED) is 0.113. The molecule has 0 fully saturated rings. The average Bonchev–Trinajstić information content (AvgIpc) is 3.56. The fourth-order valence-corrected chi connectivity index (χ4v) is 5.03. The minimum Gasteiger partial charge on any atom is -0.871 e. The topological polar surface area (TPSA) is 256 Å². The van der Waals surface area contributed by atoms with E-state index in [4.69, 9.17) is 11.5 Å². The fraction of sp³-hybridized carbons (Fsp3) is 0.118. The summed E-state index contributed by atoms with van der Waals surface area (Å²) in [5, 5.41) is 51.9. The third kappa shape index (κ3) is 7.70. The van der Waals surface area contributed by atoms with Crippen LogP contribution in [-0.2, 0) is 9.59 Å². The molecule has 0 aliphatic carbocycles. The van der Waals surface area contributed by atoms with Crippen molar-refractivity contribution in [1.82, 2.24) is 0 Å². The van der Waals surface area contributed by atoms with Crippen LogP contribution in [0.5, 0.6) is 5.75 Å². The van der Waals surface area contributed by atoms with E-state index in [1.54, 1.807) is 62.4 Å². The number of amides is 3. The second-order valence-electron chi connectivity index (χ2n) is 11.4. The van der Waals surface area contributed by atoms with E-state index < -0.39 is 41.5 Å². The number of hydrogen-bond donors (Lipinski definition) is 4. The Hall–Kier alpha value is -6.30. The molecule has 0 spiro atoms. The smallest absolute Gasteiger partial charge is 0.871 e. The Morgan fingerprint density at radius 2 is 1.25 bits per heavy atom. The van der Waals surface area contributed by atoms with Crippen molar-refractivity contribution < 1.29 is 58.9 Å². The summed E-state index contributed by atoms with van der Waals surface area (Å²) in [5.41, 5.74) is 13.7. The van der Waals surface area contributed by atoms with Gasteiger partial charge in [0, 0.05) is 22.6 Å².